The topological polar surface area (TPSA) is 0 Å². The number of hydrogen-bond acceptors (Lipinski definition) is 0. The van der Waals surface area contributed by atoms with Crippen LogP contribution in [0.4, 0.5) is 0 Å². The molecule has 0 aliphatic carbocycles. The van der Waals surface area contributed by atoms with E-state index >= 15 is 0 Å². The van der Waals surface area contributed by atoms with Crippen molar-refractivity contribution in [3.05, 3.63) is 108 Å². The largest absolute Gasteiger partial charge is 0.0620 e. The number of rotatable bonds is 2. The molecule has 5 aromatic carbocycles. The van der Waals surface area contributed by atoms with Crippen molar-refractivity contribution in [3.8, 4) is 22.3 Å². The molecule has 0 saturated carbocycles. The summed E-state index contributed by atoms with van der Waals surface area (Å²) >= 11 is 0. The molecule has 0 heterocycles. The van der Waals surface area contributed by atoms with E-state index < -0.39 is 0 Å². The summed E-state index contributed by atoms with van der Waals surface area (Å²) in [7, 11) is 0. The van der Waals surface area contributed by atoms with Crippen molar-refractivity contribution >= 4 is 21.5 Å². The predicted molar refractivity (Wildman–Crippen MR) is 122 cm³/mol. The molecule has 0 aromatic heterocycles. The smallest absolute Gasteiger partial charge is 0.00239 e. The van der Waals surface area contributed by atoms with Crippen LogP contribution in [-0.4, -0.2) is 0 Å². The quantitative estimate of drug-likeness (QED) is 0.281. The SMILES string of the molecule is Cc1ccccc1-c1ccc2cc3ccccc3c(-c3ccccc3C)c2c1. The molecule has 0 fully saturated rings. The van der Waals surface area contributed by atoms with Crippen molar-refractivity contribution in [2.24, 2.45) is 0 Å². The van der Waals surface area contributed by atoms with Gasteiger partial charge in [0.25, 0.3) is 0 Å². The Hall–Kier alpha value is -3.38. The number of aryl methyl sites for hydroxylation is 2. The van der Waals surface area contributed by atoms with Gasteiger partial charge in [0.1, 0.15) is 0 Å². The lowest BCUT2D eigenvalue weighted by atomic mass is 9.88. The highest BCUT2D eigenvalue weighted by Crippen LogP contribution is 2.39. The molecule has 0 heteroatoms. The second-order valence-corrected chi connectivity index (χ2v) is 7.54. The van der Waals surface area contributed by atoms with Gasteiger partial charge in [-0.1, -0.05) is 84.9 Å². The zero-order valence-corrected chi connectivity index (χ0v) is 16.2. The lowest BCUT2D eigenvalue weighted by Gasteiger charge is -2.16. The third-order valence-corrected chi connectivity index (χ3v) is 5.73. The van der Waals surface area contributed by atoms with E-state index in [0.29, 0.717) is 0 Å². The van der Waals surface area contributed by atoms with Crippen LogP contribution in [0.3, 0.4) is 0 Å². The Balaban J connectivity index is 1.91. The summed E-state index contributed by atoms with van der Waals surface area (Å²) in [4.78, 5) is 0. The van der Waals surface area contributed by atoms with Gasteiger partial charge in [-0.25, -0.2) is 0 Å². The molecule has 0 radical (unpaired) electrons. The summed E-state index contributed by atoms with van der Waals surface area (Å²) in [5.41, 5.74) is 7.83. The molecule has 0 spiro atoms. The Labute approximate surface area is 166 Å². The molecular weight excluding hydrogens is 336 g/mol. The number of hydrogen-bond donors (Lipinski definition) is 0. The molecule has 0 amide bonds. The van der Waals surface area contributed by atoms with Crippen molar-refractivity contribution in [3.63, 3.8) is 0 Å². The normalized spacial score (nSPS) is 11.2. The molecule has 0 unspecified atom stereocenters. The maximum Gasteiger partial charge on any atom is -0.00239 e. The van der Waals surface area contributed by atoms with Gasteiger partial charge in [0.2, 0.25) is 0 Å². The Bertz CT molecular complexity index is 1320. The third kappa shape index (κ3) is 2.70. The summed E-state index contributed by atoms with van der Waals surface area (Å²) in [6.07, 6.45) is 0. The van der Waals surface area contributed by atoms with Crippen LogP contribution in [0.25, 0.3) is 43.8 Å². The van der Waals surface area contributed by atoms with Gasteiger partial charge >= 0.3 is 0 Å². The van der Waals surface area contributed by atoms with Crippen molar-refractivity contribution in [2.45, 2.75) is 13.8 Å². The third-order valence-electron chi connectivity index (χ3n) is 5.73. The van der Waals surface area contributed by atoms with Gasteiger partial charge in [0.05, 0.1) is 0 Å². The van der Waals surface area contributed by atoms with E-state index in [2.05, 4.69) is 111 Å². The minimum atomic E-state index is 1.27. The minimum absolute atomic E-state index is 1.27. The van der Waals surface area contributed by atoms with E-state index in [1.807, 2.05) is 0 Å². The van der Waals surface area contributed by atoms with E-state index in [1.54, 1.807) is 0 Å². The van der Waals surface area contributed by atoms with Gasteiger partial charge in [-0.15, -0.1) is 0 Å². The van der Waals surface area contributed by atoms with Crippen LogP contribution >= 0.6 is 0 Å². The average Bonchev–Trinajstić information content (AvgIpc) is 2.73. The highest BCUT2D eigenvalue weighted by Gasteiger charge is 2.13. The van der Waals surface area contributed by atoms with Gasteiger partial charge in [-0.05, 0) is 80.9 Å². The van der Waals surface area contributed by atoms with Gasteiger partial charge in [-0.3, -0.25) is 0 Å². The fourth-order valence-electron chi connectivity index (χ4n) is 4.27. The fraction of sp³-hybridized carbons (Fsp3) is 0.0714. The average molecular weight is 358 g/mol. The number of benzene rings is 5. The molecule has 0 nitrogen and oxygen atoms in total. The Morgan fingerprint density at radius 2 is 1.07 bits per heavy atom. The molecule has 0 saturated heterocycles. The lowest BCUT2D eigenvalue weighted by Crippen LogP contribution is -1.90. The van der Waals surface area contributed by atoms with Gasteiger partial charge in [0, 0.05) is 0 Å². The maximum absolute atomic E-state index is 2.37. The predicted octanol–water partition coefficient (Wildman–Crippen LogP) is 7.94. The number of fused-ring (bicyclic) bond motifs is 2. The standard InChI is InChI=1S/C28H22/c1-19-9-3-6-12-24(19)23-16-15-22-17-21-11-5-8-14-26(21)28(27(22)18-23)25-13-7-4-10-20(25)2/h3-18H,1-2H3. The fourth-order valence-corrected chi connectivity index (χ4v) is 4.27. The summed E-state index contributed by atoms with van der Waals surface area (Å²) in [5.74, 6) is 0. The highest BCUT2D eigenvalue weighted by molar-refractivity contribution is 6.13. The Morgan fingerprint density at radius 3 is 1.82 bits per heavy atom. The van der Waals surface area contributed by atoms with Crippen molar-refractivity contribution in [1.29, 1.82) is 0 Å². The van der Waals surface area contributed by atoms with Crippen LogP contribution in [-0.2, 0) is 0 Å². The molecular formula is C28H22. The highest BCUT2D eigenvalue weighted by atomic mass is 14.2. The van der Waals surface area contributed by atoms with Crippen molar-refractivity contribution in [1.82, 2.24) is 0 Å². The van der Waals surface area contributed by atoms with Crippen LogP contribution in [0.5, 0.6) is 0 Å². The van der Waals surface area contributed by atoms with Gasteiger partial charge < -0.3 is 0 Å². The molecule has 0 atom stereocenters. The van der Waals surface area contributed by atoms with Crippen LogP contribution in [0, 0.1) is 13.8 Å². The zero-order chi connectivity index (χ0) is 19.1. The first-order chi connectivity index (χ1) is 13.7. The van der Waals surface area contributed by atoms with Crippen LogP contribution in [0.15, 0.2) is 97.1 Å². The molecule has 0 aliphatic heterocycles. The summed E-state index contributed by atoms with van der Waals surface area (Å²) in [6.45, 7) is 4.39. The maximum atomic E-state index is 2.37. The van der Waals surface area contributed by atoms with E-state index in [4.69, 9.17) is 0 Å². The zero-order valence-electron chi connectivity index (χ0n) is 16.2. The van der Waals surface area contributed by atoms with Crippen LogP contribution in [0.2, 0.25) is 0 Å². The van der Waals surface area contributed by atoms with E-state index in [-0.39, 0.29) is 0 Å². The Morgan fingerprint density at radius 1 is 0.464 bits per heavy atom. The van der Waals surface area contributed by atoms with E-state index in [1.165, 1.54) is 54.9 Å². The van der Waals surface area contributed by atoms with Crippen LogP contribution < -0.4 is 0 Å². The monoisotopic (exact) mass is 358 g/mol. The second-order valence-electron chi connectivity index (χ2n) is 7.54. The first kappa shape index (κ1) is 16.8. The summed E-state index contributed by atoms with van der Waals surface area (Å²) in [6, 6.07) is 35.2. The molecule has 28 heavy (non-hydrogen) atoms. The first-order valence-corrected chi connectivity index (χ1v) is 9.80. The molecule has 0 aliphatic rings. The van der Waals surface area contributed by atoms with Crippen LogP contribution in [0.1, 0.15) is 11.1 Å². The van der Waals surface area contributed by atoms with Gasteiger partial charge in [-0.2, -0.15) is 0 Å². The second kappa shape index (κ2) is 6.65. The lowest BCUT2D eigenvalue weighted by molar-refractivity contribution is 1.46. The molecule has 5 rings (SSSR count). The first-order valence-electron chi connectivity index (χ1n) is 9.80. The van der Waals surface area contributed by atoms with Gasteiger partial charge in [0.15, 0.2) is 0 Å². The molecule has 0 bridgehead atoms. The van der Waals surface area contributed by atoms with E-state index in [9.17, 15) is 0 Å². The minimum Gasteiger partial charge on any atom is -0.0620 e. The summed E-state index contributed by atoms with van der Waals surface area (Å²) in [5, 5.41) is 5.20. The van der Waals surface area contributed by atoms with E-state index in [0.717, 1.165) is 0 Å². The molecule has 134 valence electrons. The van der Waals surface area contributed by atoms with Crippen molar-refractivity contribution in [2.75, 3.05) is 0 Å². The van der Waals surface area contributed by atoms with Crippen molar-refractivity contribution < 1.29 is 0 Å². The Kier molecular flexibility index (Phi) is 3.98. The summed E-state index contributed by atoms with van der Waals surface area (Å²) < 4.78 is 0. The molecule has 0 N–H and O–H groups in total. The molecule has 5 aromatic rings.